The van der Waals surface area contributed by atoms with Gasteiger partial charge in [-0.2, -0.15) is 86.4 Å². The number of benzene rings is 1. The van der Waals surface area contributed by atoms with Gasteiger partial charge in [0.2, 0.25) is 0 Å². The van der Waals surface area contributed by atoms with Crippen LogP contribution in [-0.4, -0.2) is 59.7 Å². The van der Waals surface area contributed by atoms with Crippen LogP contribution in [0.4, 0.5) is 74.6 Å². The molecule has 1 rings (SSSR count). The average molecular weight is 612 g/mol. The molecule has 0 aromatic heterocycles. The Kier molecular flexibility index (Phi) is 9.47. The Morgan fingerprint density at radius 2 is 1.00 bits per heavy atom. The van der Waals surface area contributed by atoms with E-state index in [0.29, 0.717) is 0 Å². The Bertz CT molecular complexity index is 942. The summed E-state index contributed by atoms with van der Waals surface area (Å²) < 4.78 is 226. The predicted molar refractivity (Wildman–Crippen MR) is 97.6 cm³/mol. The van der Waals surface area contributed by atoms with Crippen LogP contribution in [0.5, 0.6) is 0 Å². The van der Waals surface area contributed by atoms with E-state index in [1.54, 1.807) is 0 Å². The third kappa shape index (κ3) is 5.39. The Hall–Kier alpha value is -1.95. The topological polar surface area (TPSA) is 17.1 Å². The van der Waals surface area contributed by atoms with Crippen LogP contribution in [0.25, 0.3) is 0 Å². The maximum Gasteiger partial charge on any atom is 0.460 e. The predicted octanol–water partition coefficient (Wildman–Crippen LogP) is 8.45. The molecular formula is C19H13F17OS. The van der Waals surface area contributed by atoms with E-state index >= 15 is 0 Å². The number of hydrogen-bond donors (Lipinski definition) is 0. The van der Waals surface area contributed by atoms with E-state index in [0.717, 1.165) is 0 Å². The fraction of sp³-hybridized carbons (Fsp3) is 0.632. The zero-order chi connectivity index (χ0) is 30.2. The highest BCUT2D eigenvalue weighted by molar-refractivity contribution is 7.99. The van der Waals surface area contributed by atoms with E-state index in [2.05, 4.69) is 0 Å². The molecule has 0 amide bonds. The number of hydrogen-bond acceptors (Lipinski definition) is 2. The maximum atomic E-state index is 14.0. The lowest BCUT2D eigenvalue weighted by Crippen LogP contribution is -2.74. The van der Waals surface area contributed by atoms with E-state index in [1.165, 1.54) is 30.3 Å². The van der Waals surface area contributed by atoms with Crippen LogP contribution in [0.2, 0.25) is 0 Å². The summed E-state index contributed by atoms with van der Waals surface area (Å²) in [6.07, 6.45) is -10.6. The molecule has 0 heterocycles. The smallest absolute Gasteiger partial charge is 0.303 e. The summed E-state index contributed by atoms with van der Waals surface area (Å²) in [4.78, 5) is 10.7. The molecule has 0 aliphatic rings. The number of alkyl halides is 17. The molecule has 0 radical (unpaired) electrons. The van der Waals surface area contributed by atoms with E-state index in [1.807, 2.05) is 0 Å². The van der Waals surface area contributed by atoms with Crippen LogP contribution < -0.4 is 0 Å². The molecule has 0 spiro atoms. The molecule has 0 bridgehead atoms. The second kappa shape index (κ2) is 10.6. The van der Waals surface area contributed by atoms with E-state index in [9.17, 15) is 79.4 Å². The lowest BCUT2D eigenvalue weighted by Gasteiger charge is -2.42. The molecule has 0 N–H and O–H groups in total. The molecule has 0 saturated heterocycles. The van der Waals surface area contributed by atoms with Crippen molar-refractivity contribution < 1.29 is 79.4 Å². The number of halogens is 17. The first-order valence-electron chi connectivity index (χ1n) is 9.59. The van der Waals surface area contributed by atoms with Crippen LogP contribution in [0.15, 0.2) is 30.3 Å². The van der Waals surface area contributed by atoms with Gasteiger partial charge in [0.15, 0.2) is 0 Å². The third-order valence-electron chi connectivity index (χ3n) is 5.00. The second-order valence-electron chi connectivity index (χ2n) is 7.57. The maximum absolute atomic E-state index is 14.0. The summed E-state index contributed by atoms with van der Waals surface area (Å²) in [5.74, 6) is -57.7. The Morgan fingerprint density at radius 1 is 0.605 bits per heavy atom. The van der Waals surface area contributed by atoms with Crippen LogP contribution in [0.3, 0.4) is 0 Å². The molecule has 0 aliphatic heterocycles. The van der Waals surface area contributed by atoms with Gasteiger partial charge in [-0.05, 0) is 11.3 Å². The molecule has 0 fully saturated rings. The van der Waals surface area contributed by atoms with Gasteiger partial charge in [0, 0.05) is 18.1 Å². The normalized spacial score (nSPS) is 15.9. The van der Waals surface area contributed by atoms with Crippen molar-refractivity contribution in [1.82, 2.24) is 0 Å². The summed E-state index contributed by atoms with van der Waals surface area (Å²) in [5, 5.41) is -1.09. The van der Waals surface area contributed by atoms with Gasteiger partial charge in [-0.3, -0.25) is 0 Å². The molecule has 38 heavy (non-hydrogen) atoms. The van der Waals surface area contributed by atoms with E-state index in [-0.39, 0.29) is 23.6 Å². The first-order chi connectivity index (χ1) is 16.8. The van der Waals surface area contributed by atoms with Crippen molar-refractivity contribution in [2.75, 3.05) is 5.75 Å². The SMILES string of the molecule is O=CCC(SCCC(F)(F)C(F)(F)C(F)(F)C(F)(F)C(F)(F)C(F)(F)C(F)(F)C(F)(F)F)c1ccccc1. The summed E-state index contributed by atoms with van der Waals surface area (Å²) in [6.45, 7) is 0. The molecule has 220 valence electrons. The first-order valence-corrected chi connectivity index (χ1v) is 10.6. The minimum absolute atomic E-state index is 0.207. The Labute approximate surface area is 205 Å². The number of thioether (sulfide) groups is 1. The van der Waals surface area contributed by atoms with Gasteiger partial charge in [-0.15, -0.1) is 0 Å². The quantitative estimate of drug-likeness (QED) is 0.164. The van der Waals surface area contributed by atoms with Gasteiger partial charge in [0.25, 0.3) is 0 Å². The van der Waals surface area contributed by atoms with Crippen molar-refractivity contribution in [3.63, 3.8) is 0 Å². The third-order valence-corrected chi connectivity index (χ3v) is 6.31. The van der Waals surface area contributed by atoms with Crippen LogP contribution in [0.1, 0.15) is 23.7 Å². The number of carbonyl (C=O) groups excluding carboxylic acids is 1. The Balaban J connectivity index is 3.33. The highest BCUT2D eigenvalue weighted by Gasteiger charge is 2.95. The Morgan fingerprint density at radius 3 is 1.39 bits per heavy atom. The van der Waals surface area contributed by atoms with Crippen molar-refractivity contribution >= 4 is 18.0 Å². The first kappa shape index (κ1) is 34.1. The molecule has 0 aliphatic carbocycles. The van der Waals surface area contributed by atoms with Crippen molar-refractivity contribution in [1.29, 1.82) is 0 Å². The van der Waals surface area contributed by atoms with Gasteiger partial charge in [-0.25, -0.2) is 0 Å². The second-order valence-corrected chi connectivity index (χ2v) is 8.88. The monoisotopic (exact) mass is 612 g/mol. The number of carbonyl (C=O) groups is 1. The summed E-state index contributed by atoms with van der Waals surface area (Å²) >= 11 is 0.207. The highest BCUT2D eigenvalue weighted by Crippen LogP contribution is 2.64. The van der Waals surface area contributed by atoms with Crippen LogP contribution in [-0.2, 0) is 4.79 Å². The van der Waals surface area contributed by atoms with Crippen LogP contribution >= 0.6 is 11.8 Å². The van der Waals surface area contributed by atoms with Crippen LogP contribution in [0, 0.1) is 0 Å². The van der Waals surface area contributed by atoms with Gasteiger partial charge < -0.3 is 4.79 Å². The number of rotatable bonds is 13. The molecule has 1 aromatic carbocycles. The minimum atomic E-state index is -8.64. The molecule has 0 saturated carbocycles. The van der Waals surface area contributed by atoms with Gasteiger partial charge >= 0.3 is 47.6 Å². The fourth-order valence-electron chi connectivity index (χ4n) is 2.74. The lowest BCUT2D eigenvalue weighted by atomic mass is 9.88. The zero-order valence-corrected chi connectivity index (χ0v) is 18.7. The van der Waals surface area contributed by atoms with E-state index in [4.69, 9.17) is 0 Å². The van der Waals surface area contributed by atoms with Crippen molar-refractivity contribution in [3.05, 3.63) is 35.9 Å². The molecule has 19 heteroatoms. The minimum Gasteiger partial charge on any atom is -0.303 e. The zero-order valence-electron chi connectivity index (χ0n) is 17.9. The highest BCUT2D eigenvalue weighted by atomic mass is 32.2. The van der Waals surface area contributed by atoms with Crippen molar-refractivity contribution in [2.24, 2.45) is 0 Å². The summed E-state index contributed by atoms with van der Waals surface area (Å²) in [6, 6.07) is 6.81. The number of aldehydes is 1. The molecule has 1 unspecified atom stereocenters. The summed E-state index contributed by atoms with van der Waals surface area (Å²) in [7, 11) is 0. The van der Waals surface area contributed by atoms with Gasteiger partial charge in [0.1, 0.15) is 6.29 Å². The van der Waals surface area contributed by atoms with Crippen molar-refractivity contribution in [2.45, 2.75) is 65.7 Å². The molecular weight excluding hydrogens is 599 g/mol. The van der Waals surface area contributed by atoms with Gasteiger partial charge in [-0.1, -0.05) is 30.3 Å². The van der Waals surface area contributed by atoms with E-state index < -0.39 is 71.5 Å². The largest absolute Gasteiger partial charge is 0.460 e. The van der Waals surface area contributed by atoms with Gasteiger partial charge in [0.05, 0.1) is 0 Å². The summed E-state index contributed by atoms with van der Waals surface area (Å²) in [5.41, 5.74) is 0.212. The van der Waals surface area contributed by atoms with Crippen molar-refractivity contribution in [3.8, 4) is 0 Å². The fourth-order valence-corrected chi connectivity index (χ4v) is 3.96. The lowest BCUT2D eigenvalue weighted by molar-refractivity contribution is -0.461. The molecule has 1 atom stereocenters. The average Bonchev–Trinajstić information content (AvgIpc) is 2.77. The molecule has 1 nitrogen and oxygen atoms in total. The molecule has 1 aromatic rings. The standard InChI is InChI=1S/C19H13F17OS/c20-12(21,7-9-38-11(6-8-37)10-4-2-1-3-5-10)13(22,23)14(24,25)15(26,27)16(28,29)17(30,31)18(32,33)19(34,35)36/h1-5,8,11H,6-7,9H2.